The van der Waals surface area contributed by atoms with Gasteiger partial charge < -0.3 is 5.73 Å². The first-order valence-corrected chi connectivity index (χ1v) is 7.29. The molecule has 0 aliphatic rings. The van der Waals surface area contributed by atoms with E-state index in [-0.39, 0.29) is 16.8 Å². The van der Waals surface area contributed by atoms with Gasteiger partial charge in [0.15, 0.2) is 0 Å². The molecule has 3 heteroatoms. The Bertz CT molecular complexity index is 241. The smallest absolute Gasteiger partial charge is 0.0314 e. The summed E-state index contributed by atoms with van der Waals surface area (Å²) in [5, 5.41) is 0. The lowest BCUT2D eigenvalue weighted by Gasteiger charge is -2.03. The van der Waals surface area contributed by atoms with Crippen molar-refractivity contribution >= 4 is 22.5 Å². The SMILES string of the molecule is CC.CC.CC(C)C.CC(C)c1ccc(N)cc1.[B].[B]. The molecule has 0 spiro atoms. The Balaban J connectivity index is -0.0000000649. The lowest BCUT2D eigenvalue weighted by molar-refractivity contribution is 0.737. The molecular weight excluding hydrogens is 240 g/mol. The maximum atomic E-state index is 5.53. The van der Waals surface area contributed by atoms with Gasteiger partial charge in [0, 0.05) is 22.5 Å². The molecule has 0 atom stereocenters. The molecular formula is C17H35B2N. The van der Waals surface area contributed by atoms with E-state index in [0.29, 0.717) is 5.92 Å². The van der Waals surface area contributed by atoms with Gasteiger partial charge in [0.05, 0.1) is 0 Å². The minimum absolute atomic E-state index is 0. The third-order valence-electron chi connectivity index (χ3n) is 1.60. The van der Waals surface area contributed by atoms with Crippen LogP contribution in [0.15, 0.2) is 24.3 Å². The van der Waals surface area contributed by atoms with Crippen molar-refractivity contribution in [3.05, 3.63) is 29.8 Å². The van der Waals surface area contributed by atoms with Crippen LogP contribution in [0, 0.1) is 5.92 Å². The molecule has 114 valence electrons. The van der Waals surface area contributed by atoms with Gasteiger partial charge in [-0.25, -0.2) is 0 Å². The Morgan fingerprint density at radius 1 is 0.700 bits per heavy atom. The number of hydrogen-bond donors (Lipinski definition) is 1. The average Bonchev–Trinajstić information content (AvgIpc) is 2.34. The van der Waals surface area contributed by atoms with E-state index in [2.05, 4.69) is 46.8 Å². The van der Waals surface area contributed by atoms with E-state index >= 15 is 0 Å². The second-order valence-corrected chi connectivity index (χ2v) is 4.55. The monoisotopic (exact) mass is 275 g/mol. The molecule has 1 aromatic rings. The molecule has 0 aliphatic carbocycles. The van der Waals surface area contributed by atoms with Gasteiger partial charge in [0.25, 0.3) is 0 Å². The maximum Gasteiger partial charge on any atom is 0.0314 e. The summed E-state index contributed by atoms with van der Waals surface area (Å²) in [5.41, 5.74) is 7.71. The fourth-order valence-corrected chi connectivity index (χ4v) is 0.881. The highest BCUT2D eigenvalue weighted by molar-refractivity contribution is 5.76. The van der Waals surface area contributed by atoms with Gasteiger partial charge in [-0.2, -0.15) is 0 Å². The zero-order valence-electron chi connectivity index (χ0n) is 15.2. The molecule has 1 aromatic carbocycles. The first-order chi connectivity index (χ1) is 8.43. The van der Waals surface area contributed by atoms with Gasteiger partial charge in [-0.15, -0.1) is 0 Å². The zero-order chi connectivity index (χ0) is 15.1. The van der Waals surface area contributed by atoms with Crippen molar-refractivity contribution in [2.45, 2.75) is 68.2 Å². The van der Waals surface area contributed by atoms with Gasteiger partial charge in [-0.1, -0.05) is 74.4 Å². The van der Waals surface area contributed by atoms with E-state index in [4.69, 9.17) is 5.73 Å². The van der Waals surface area contributed by atoms with Crippen LogP contribution in [-0.2, 0) is 0 Å². The summed E-state index contributed by atoms with van der Waals surface area (Å²) in [5.74, 6) is 1.43. The number of hydrogen-bond acceptors (Lipinski definition) is 1. The van der Waals surface area contributed by atoms with Crippen LogP contribution in [0.1, 0.15) is 73.8 Å². The summed E-state index contributed by atoms with van der Waals surface area (Å²) >= 11 is 0. The molecule has 1 nitrogen and oxygen atoms in total. The minimum Gasteiger partial charge on any atom is -0.399 e. The van der Waals surface area contributed by atoms with Crippen LogP contribution >= 0.6 is 0 Å². The molecule has 0 saturated carbocycles. The average molecular weight is 275 g/mol. The Morgan fingerprint density at radius 3 is 1.15 bits per heavy atom. The molecule has 0 unspecified atom stereocenters. The van der Waals surface area contributed by atoms with Gasteiger partial charge in [0.1, 0.15) is 0 Å². The van der Waals surface area contributed by atoms with Crippen molar-refractivity contribution in [3.63, 3.8) is 0 Å². The molecule has 0 aromatic heterocycles. The molecule has 0 aliphatic heterocycles. The van der Waals surface area contributed by atoms with E-state index in [1.807, 2.05) is 39.8 Å². The van der Waals surface area contributed by atoms with Crippen molar-refractivity contribution in [1.82, 2.24) is 0 Å². The quantitative estimate of drug-likeness (QED) is 0.543. The highest BCUT2D eigenvalue weighted by atomic mass is 14.5. The number of rotatable bonds is 1. The molecule has 2 N–H and O–H groups in total. The second-order valence-electron chi connectivity index (χ2n) is 4.55. The molecule has 6 radical (unpaired) electrons. The number of anilines is 1. The summed E-state index contributed by atoms with van der Waals surface area (Å²) in [7, 11) is 0. The standard InChI is InChI=1S/C9H13N.C4H10.2C2H6.2B/c1-7(2)8-3-5-9(10)6-4-8;1-4(2)3;2*1-2;;/h3-7H,10H2,1-2H3;4H,1-3H3;2*1-2H3;;. The predicted octanol–water partition coefficient (Wildman–Crippen LogP) is 5.35. The lowest BCUT2D eigenvalue weighted by atomic mass is 10.0. The normalized spacial score (nSPS) is 7.55. The second kappa shape index (κ2) is 23.3. The Labute approximate surface area is 132 Å². The van der Waals surface area contributed by atoms with Crippen molar-refractivity contribution in [2.75, 3.05) is 5.73 Å². The molecule has 20 heavy (non-hydrogen) atoms. The highest BCUT2D eigenvalue weighted by Gasteiger charge is 1.95. The number of benzene rings is 1. The van der Waals surface area contributed by atoms with E-state index in [0.717, 1.165) is 11.6 Å². The largest absolute Gasteiger partial charge is 0.399 e. The number of nitrogen functional groups attached to an aromatic ring is 1. The van der Waals surface area contributed by atoms with Gasteiger partial charge >= 0.3 is 0 Å². The molecule has 0 saturated heterocycles. The Kier molecular flexibility index (Phi) is 36.6. The van der Waals surface area contributed by atoms with Crippen molar-refractivity contribution in [3.8, 4) is 0 Å². The maximum absolute atomic E-state index is 5.53. The van der Waals surface area contributed by atoms with E-state index in [1.165, 1.54) is 5.56 Å². The third kappa shape index (κ3) is 25.9. The van der Waals surface area contributed by atoms with Gasteiger partial charge in [-0.05, 0) is 29.5 Å². The topological polar surface area (TPSA) is 26.0 Å². The van der Waals surface area contributed by atoms with Crippen LogP contribution < -0.4 is 5.73 Å². The molecule has 0 heterocycles. The summed E-state index contributed by atoms with van der Waals surface area (Å²) in [4.78, 5) is 0. The van der Waals surface area contributed by atoms with Gasteiger partial charge in [0.2, 0.25) is 0 Å². The summed E-state index contributed by atoms with van der Waals surface area (Å²) in [6, 6.07) is 8.02. The molecule has 1 rings (SSSR count). The van der Waals surface area contributed by atoms with Crippen LogP contribution in [0.25, 0.3) is 0 Å². The van der Waals surface area contributed by atoms with E-state index in [9.17, 15) is 0 Å². The minimum atomic E-state index is 0. The first-order valence-electron chi connectivity index (χ1n) is 7.29. The predicted molar refractivity (Wildman–Crippen MR) is 99.7 cm³/mol. The van der Waals surface area contributed by atoms with Crippen molar-refractivity contribution in [2.24, 2.45) is 5.92 Å². The third-order valence-corrected chi connectivity index (χ3v) is 1.60. The van der Waals surface area contributed by atoms with Crippen molar-refractivity contribution in [1.29, 1.82) is 0 Å². The lowest BCUT2D eigenvalue weighted by Crippen LogP contribution is -1.88. The van der Waals surface area contributed by atoms with Crippen molar-refractivity contribution < 1.29 is 0 Å². The summed E-state index contributed by atoms with van der Waals surface area (Å²) in [6.07, 6.45) is 0. The Hall–Kier alpha value is -0.850. The fraction of sp³-hybridized carbons (Fsp3) is 0.647. The van der Waals surface area contributed by atoms with Crippen LogP contribution in [0.4, 0.5) is 5.69 Å². The fourth-order valence-electron chi connectivity index (χ4n) is 0.881. The molecule has 0 bridgehead atoms. The molecule has 0 amide bonds. The zero-order valence-corrected chi connectivity index (χ0v) is 15.2. The van der Waals surface area contributed by atoms with Gasteiger partial charge in [-0.3, -0.25) is 0 Å². The van der Waals surface area contributed by atoms with Crippen LogP contribution in [-0.4, -0.2) is 16.8 Å². The summed E-state index contributed by atoms with van der Waals surface area (Å²) in [6.45, 7) is 18.8. The molecule has 0 fully saturated rings. The van der Waals surface area contributed by atoms with Crippen LogP contribution in [0.3, 0.4) is 0 Å². The Morgan fingerprint density at radius 2 is 0.950 bits per heavy atom. The van der Waals surface area contributed by atoms with E-state index in [1.54, 1.807) is 0 Å². The van der Waals surface area contributed by atoms with Crippen LogP contribution in [0.5, 0.6) is 0 Å². The van der Waals surface area contributed by atoms with E-state index < -0.39 is 0 Å². The first kappa shape index (κ1) is 31.5. The summed E-state index contributed by atoms with van der Waals surface area (Å²) < 4.78 is 0. The number of nitrogens with two attached hydrogens (primary N) is 1. The highest BCUT2D eigenvalue weighted by Crippen LogP contribution is 2.14. The van der Waals surface area contributed by atoms with Crippen LogP contribution in [0.2, 0.25) is 0 Å².